The fourth-order valence-corrected chi connectivity index (χ4v) is 4.35. The van der Waals surface area contributed by atoms with E-state index in [1.54, 1.807) is 30.2 Å². The summed E-state index contributed by atoms with van der Waals surface area (Å²) in [4.78, 5) is 22.1. The fraction of sp³-hybridized carbons (Fsp3) is 0.333. The van der Waals surface area contributed by atoms with Crippen molar-refractivity contribution in [3.63, 3.8) is 0 Å². The molecule has 3 aromatic rings. The van der Waals surface area contributed by atoms with Crippen molar-refractivity contribution in [2.75, 3.05) is 38.2 Å². The van der Waals surface area contributed by atoms with E-state index in [9.17, 15) is 4.79 Å². The number of nitrogens with zero attached hydrogens (tertiary/aromatic N) is 3. The number of rotatable bonds is 8. The Morgan fingerprint density at radius 2 is 1.83 bits per heavy atom. The van der Waals surface area contributed by atoms with Crippen LogP contribution in [-0.2, 0) is 0 Å². The normalized spacial score (nSPS) is 10.9. The van der Waals surface area contributed by atoms with Crippen LogP contribution in [0.4, 0.5) is 5.13 Å². The highest BCUT2D eigenvalue weighted by atomic mass is 35.5. The van der Waals surface area contributed by atoms with Crippen LogP contribution in [0, 0.1) is 0 Å². The van der Waals surface area contributed by atoms with E-state index in [2.05, 4.69) is 18.7 Å². The number of ether oxygens (including phenoxy) is 1. The van der Waals surface area contributed by atoms with Crippen molar-refractivity contribution in [3.8, 4) is 5.75 Å². The van der Waals surface area contributed by atoms with Crippen LogP contribution in [0.25, 0.3) is 10.2 Å². The second kappa shape index (κ2) is 11.2. The van der Waals surface area contributed by atoms with E-state index >= 15 is 0 Å². The highest BCUT2D eigenvalue weighted by Crippen LogP contribution is 2.33. The fourth-order valence-electron chi connectivity index (χ4n) is 3.01. The molecule has 1 amide bonds. The number of methoxy groups -OCH3 is 1. The van der Waals surface area contributed by atoms with Crippen molar-refractivity contribution in [1.82, 2.24) is 9.88 Å². The molecule has 1 heterocycles. The van der Waals surface area contributed by atoms with Crippen LogP contribution in [-0.4, -0.2) is 49.1 Å². The van der Waals surface area contributed by atoms with E-state index in [-0.39, 0.29) is 18.3 Å². The van der Waals surface area contributed by atoms with E-state index in [1.165, 1.54) is 11.3 Å². The molecule has 0 bridgehead atoms. The topological polar surface area (TPSA) is 45.7 Å². The molecule has 3 rings (SSSR count). The Kier molecular flexibility index (Phi) is 9.19. The zero-order valence-electron chi connectivity index (χ0n) is 17.0. The van der Waals surface area contributed by atoms with Crippen LogP contribution < -0.4 is 9.64 Å². The molecule has 30 heavy (non-hydrogen) atoms. The second-order valence-electron chi connectivity index (χ2n) is 6.44. The predicted molar refractivity (Wildman–Crippen MR) is 129 cm³/mol. The van der Waals surface area contributed by atoms with Gasteiger partial charge in [-0.05, 0) is 43.4 Å². The van der Waals surface area contributed by atoms with Crippen molar-refractivity contribution in [2.45, 2.75) is 13.8 Å². The number of carbonyl (C=O) groups excluding carboxylic acids is 1. The number of aromatic nitrogens is 1. The number of anilines is 1. The second-order valence-corrected chi connectivity index (χ2v) is 8.29. The van der Waals surface area contributed by atoms with E-state index in [0.717, 1.165) is 35.6 Å². The Morgan fingerprint density at radius 3 is 2.50 bits per heavy atom. The van der Waals surface area contributed by atoms with Crippen LogP contribution in [0.3, 0.4) is 0 Å². The van der Waals surface area contributed by atoms with Gasteiger partial charge in [-0.2, -0.15) is 0 Å². The zero-order valence-corrected chi connectivity index (χ0v) is 20.2. The Labute approximate surface area is 197 Å². The average Bonchev–Trinajstić information content (AvgIpc) is 3.15. The summed E-state index contributed by atoms with van der Waals surface area (Å²) in [7, 11) is 1.62. The molecule has 0 saturated carbocycles. The minimum absolute atomic E-state index is 0. The van der Waals surface area contributed by atoms with Gasteiger partial charge in [0.25, 0.3) is 5.91 Å². The molecule has 0 saturated heterocycles. The van der Waals surface area contributed by atoms with Gasteiger partial charge in [-0.1, -0.05) is 48.4 Å². The Balaban J connectivity index is 0.00000320. The number of fused-ring (bicyclic) bond motifs is 1. The summed E-state index contributed by atoms with van der Waals surface area (Å²) in [5, 5.41) is 1.46. The third kappa shape index (κ3) is 5.56. The molecular weight excluding hydrogens is 465 g/mol. The molecule has 0 aliphatic carbocycles. The summed E-state index contributed by atoms with van der Waals surface area (Å²) in [6.07, 6.45) is 0. The van der Waals surface area contributed by atoms with Crippen LogP contribution in [0.1, 0.15) is 24.2 Å². The van der Waals surface area contributed by atoms with Crippen LogP contribution in [0.15, 0.2) is 36.4 Å². The van der Waals surface area contributed by atoms with Gasteiger partial charge in [-0.25, -0.2) is 4.98 Å². The maximum Gasteiger partial charge on any atom is 0.261 e. The lowest BCUT2D eigenvalue weighted by Crippen LogP contribution is -2.39. The molecule has 0 spiro atoms. The molecule has 9 heteroatoms. The first-order valence-electron chi connectivity index (χ1n) is 9.40. The summed E-state index contributed by atoms with van der Waals surface area (Å²) >= 11 is 13.9. The number of benzene rings is 2. The lowest BCUT2D eigenvalue weighted by molar-refractivity contribution is 0.0984. The summed E-state index contributed by atoms with van der Waals surface area (Å²) in [6, 6.07) is 10.6. The molecule has 0 aliphatic rings. The van der Waals surface area contributed by atoms with Gasteiger partial charge in [0.2, 0.25) is 0 Å². The number of thiazole rings is 1. The number of likely N-dealkylation sites (N-methyl/N-ethyl adjacent to an activating group) is 1. The minimum atomic E-state index is -0.212. The number of hydrogen-bond acceptors (Lipinski definition) is 5. The minimum Gasteiger partial charge on any atom is -0.497 e. The van der Waals surface area contributed by atoms with Gasteiger partial charge in [0.15, 0.2) is 5.13 Å². The molecule has 0 aliphatic heterocycles. The van der Waals surface area contributed by atoms with Crippen molar-refractivity contribution < 1.29 is 9.53 Å². The Morgan fingerprint density at radius 1 is 1.10 bits per heavy atom. The Bertz CT molecular complexity index is 1010. The first-order valence-corrected chi connectivity index (χ1v) is 11.0. The largest absolute Gasteiger partial charge is 0.497 e. The van der Waals surface area contributed by atoms with Crippen molar-refractivity contribution in [1.29, 1.82) is 0 Å². The lowest BCUT2D eigenvalue weighted by atomic mass is 10.2. The number of hydrogen-bond donors (Lipinski definition) is 0. The molecule has 0 radical (unpaired) electrons. The molecule has 0 atom stereocenters. The summed E-state index contributed by atoms with van der Waals surface area (Å²) in [5.74, 6) is 0.518. The van der Waals surface area contributed by atoms with Crippen LogP contribution in [0.5, 0.6) is 5.75 Å². The first-order chi connectivity index (χ1) is 14.0. The van der Waals surface area contributed by atoms with Gasteiger partial charge in [0, 0.05) is 24.2 Å². The van der Waals surface area contributed by atoms with Gasteiger partial charge >= 0.3 is 0 Å². The first kappa shape index (κ1) is 24.7. The monoisotopic (exact) mass is 487 g/mol. The van der Waals surface area contributed by atoms with Gasteiger partial charge in [0.1, 0.15) is 5.75 Å². The predicted octanol–water partition coefficient (Wildman–Crippen LogP) is 6.02. The van der Waals surface area contributed by atoms with Crippen molar-refractivity contribution >= 4 is 68.2 Å². The number of carbonyl (C=O) groups is 1. The van der Waals surface area contributed by atoms with Crippen LogP contribution >= 0.6 is 46.9 Å². The van der Waals surface area contributed by atoms with E-state index in [4.69, 9.17) is 32.9 Å². The summed E-state index contributed by atoms with van der Waals surface area (Å²) in [6.45, 7) is 7.26. The van der Waals surface area contributed by atoms with Gasteiger partial charge in [-0.15, -0.1) is 12.4 Å². The van der Waals surface area contributed by atoms with E-state index in [1.807, 2.05) is 18.2 Å². The van der Waals surface area contributed by atoms with Crippen molar-refractivity contribution in [3.05, 3.63) is 52.0 Å². The average molecular weight is 489 g/mol. The summed E-state index contributed by atoms with van der Waals surface area (Å²) < 4.78 is 6.28. The lowest BCUT2D eigenvalue weighted by Gasteiger charge is -2.25. The summed E-state index contributed by atoms with van der Waals surface area (Å²) in [5.41, 5.74) is 1.16. The number of amides is 1. The molecule has 2 aromatic carbocycles. The van der Waals surface area contributed by atoms with E-state index < -0.39 is 0 Å². The third-order valence-electron chi connectivity index (χ3n) is 4.75. The highest BCUT2D eigenvalue weighted by Gasteiger charge is 2.24. The molecular formula is C21H24Cl3N3O2S. The van der Waals surface area contributed by atoms with Gasteiger partial charge in [0.05, 0.1) is 27.9 Å². The third-order valence-corrected chi connectivity index (χ3v) is 6.38. The SMILES string of the molecule is CCN(CC)CCN(C(=O)c1cc(Cl)ccc1Cl)c1nc2cc(OC)ccc2s1.Cl. The quantitative estimate of drug-likeness (QED) is 0.389. The molecule has 0 N–H and O–H groups in total. The van der Waals surface area contributed by atoms with Gasteiger partial charge in [-0.3, -0.25) is 9.69 Å². The smallest absolute Gasteiger partial charge is 0.261 e. The molecule has 0 fully saturated rings. The maximum atomic E-state index is 13.4. The van der Waals surface area contributed by atoms with Crippen molar-refractivity contribution in [2.24, 2.45) is 0 Å². The molecule has 0 unspecified atom stereocenters. The zero-order chi connectivity index (χ0) is 21.0. The van der Waals surface area contributed by atoms with E-state index in [0.29, 0.717) is 27.3 Å². The van der Waals surface area contributed by atoms with Crippen LogP contribution in [0.2, 0.25) is 10.0 Å². The molecule has 5 nitrogen and oxygen atoms in total. The molecule has 1 aromatic heterocycles. The van der Waals surface area contributed by atoms with Gasteiger partial charge < -0.3 is 9.64 Å². The number of halogens is 3. The standard InChI is InChI=1S/C21H23Cl2N3O2S.ClH/c1-4-25(5-2)10-11-26(20(27)16-12-14(22)6-8-17(16)23)21-24-18-13-15(28-3)7-9-19(18)29-21;/h6-9,12-13H,4-5,10-11H2,1-3H3;1H. The molecule has 162 valence electrons. The maximum absolute atomic E-state index is 13.4. The highest BCUT2D eigenvalue weighted by molar-refractivity contribution is 7.22. The Hall–Kier alpha value is -1.57.